The zero-order chi connectivity index (χ0) is 18.8. The fourth-order valence-corrected chi connectivity index (χ4v) is 3.97. The smallest absolute Gasteiger partial charge is 0.319 e. The molecule has 0 aliphatic carbocycles. The summed E-state index contributed by atoms with van der Waals surface area (Å²) in [6.45, 7) is 1.21. The fraction of sp³-hybridized carbons (Fsp3) is 0.333. The molecule has 27 heavy (non-hydrogen) atoms. The van der Waals surface area contributed by atoms with Crippen molar-refractivity contribution >= 4 is 11.8 Å². The van der Waals surface area contributed by atoms with Crippen LogP contribution >= 0.6 is 11.8 Å². The SMILES string of the molecule is CCn1c(-c2ccc3c(c2)OCCO3)cnc1SCc1nccn1C(F)F. The molecule has 3 aromatic rings. The Hall–Kier alpha value is -2.55. The summed E-state index contributed by atoms with van der Waals surface area (Å²) in [6.07, 6.45) is 4.46. The molecule has 1 aliphatic heterocycles. The molecule has 6 nitrogen and oxygen atoms in total. The molecule has 142 valence electrons. The molecule has 0 radical (unpaired) electrons. The van der Waals surface area contributed by atoms with Gasteiger partial charge in [-0.05, 0) is 25.1 Å². The molecule has 0 spiro atoms. The van der Waals surface area contributed by atoms with Crippen molar-refractivity contribution in [2.24, 2.45) is 0 Å². The van der Waals surface area contributed by atoms with E-state index in [9.17, 15) is 8.78 Å². The Labute approximate surface area is 159 Å². The number of aromatic nitrogens is 4. The lowest BCUT2D eigenvalue weighted by Crippen LogP contribution is -2.15. The van der Waals surface area contributed by atoms with Crippen molar-refractivity contribution in [3.8, 4) is 22.8 Å². The van der Waals surface area contributed by atoms with E-state index in [4.69, 9.17) is 9.47 Å². The van der Waals surface area contributed by atoms with E-state index in [-0.39, 0.29) is 0 Å². The van der Waals surface area contributed by atoms with Gasteiger partial charge in [-0.25, -0.2) is 9.97 Å². The second-order valence-electron chi connectivity index (χ2n) is 5.85. The molecule has 4 rings (SSSR count). The van der Waals surface area contributed by atoms with Crippen LogP contribution in [0.2, 0.25) is 0 Å². The lowest BCUT2D eigenvalue weighted by Gasteiger charge is -2.19. The largest absolute Gasteiger partial charge is 0.486 e. The van der Waals surface area contributed by atoms with Crippen LogP contribution in [-0.2, 0) is 12.3 Å². The highest BCUT2D eigenvalue weighted by Gasteiger charge is 2.17. The Balaban J connectivity index is 1.58. The van der Waals surface area contributed by atoms with Gasteiger partial charge in [-0.15, -0.1) is 0 Å². The number of fused-ring (bicyclic) bond motifs is 1. The summed E-state index contributed by atoms with van der Waals surface area (Å²) in [4.78, 5) is 8.49. The minimum atomic E-state index is -2.60. The molecule has 1 aromatic carbocycles. The number of halogens is 2. The average Bonchev–Trinajstić information content (AvgIpc) is 3.32. The second kappa shape index (κ2) is 7.59. The second-order valence-corrected chi connectivity index (χ2v) is 6.79. The molecule has 0 N–H and O–H groups in total. The van der Waals surface area contributed by atoms with E-state index in [0.29, 0.717) is 31.3 Å². The number of alkyl halides is 2. The molecule has 3 heterocycles. The molecule has 0 atom stereocenters. The van der Waals surface area contributed by atoms with Crippen molar-refractivity contribution in [1.82, 2.24) is 19.1 Å². The van der Waals surface area contributed by atoms with Crippen LogP contribution in [0.15, 0.2) is 41.9 Å². The number of nitrogens with zero attached hydrogens (tertiary/aromatic N) is 4. The van der Waals surface area contributed by atoms with Crippen LogP contribution in [0.25, 0.3) is 11.3 Å². The molecule has 9 heteroatoms. The summed E-state index contributed by atoms with van der Waals surface area (Å²) in [7, 11) is 0. The van der Waals surface area contributed by atoms with E-state index in [2.05, 4.69) is 9.97 Å². The summed E-state index contributed by atoms with van der Waals surface area (Å²) in [5.74, 6) is 2.09. The first-order valence-electron chi connectivity index (χ1n) is 8.55. The van der Waals surface area contributed by atoms with Gasteiger partial charge in [0.25, 0.3) is 0 Å². The van der Waals surface area contributed by atoms with E-state index in [0.717, 1.165) is 32.5 Å². The maximum atomic E-state index is 13.0. The average molecular weight is 392 g/mol. The first-order chi connectivity index (χ1) is 13.2. The highest BCUT2D eigenvalue weighted by atomic mass is 32.2. The van der Waals surface area contributed by atoms with Crippen LogP contribution in [0.4, 0.5) is 8.78 Å². The third kappa shape index (κ3) is 3.51. The maximum absolute atomic E-state index is 13.0. The van der Waals surface area contributed by atoms with Crippen molar-refractivity contribution in [1.29, 1.82) is 0 Å². The normalized spacial score (nSPS) is 13.3. The van der Waals surface area contributed by atoms with Gasteiger partial charge in [0.1, 0.15) is 19.0 Å². The van der Waals surface area contributed by atoms with Gasteiger partial charge in [0.05, 0.1) is 17.6 Å². The monoisotopic (exact) mass is 392 g/mol. The highest BCUT2D eigenvalue weighted by molar-refractivity contribution is 7.98. The van der Waals surface area contributed by atoms with Gasteiger partial charge < -0.3 is 14.0 Å². The standard InChI is InChI=1S/C18H18F2N4O2S/c1-2-23-13(12-3-4-14-15(9-12)26-8-7-25-14)10-22-18(23)27-11-16-21-5-6-24(16)17(19)20/h3-6,9-10,17H,2,7-8,11H2,1H3. The summed E-state index contributed by atoms with van der Waals surface area (Å²) in [5, 5.41) is 0.756. The Morgan fingerprint density at radius 1 is 1.19 bits per heavy atom. The number of rotatable bonds is 6. The quantitative estimate of drug-likeness (QED) is 0.588. The van der Waals surface area contributed by atoms with Crippen LogP contribution < -0.4 is 9.47 Å². The lowest BCUT2D eigenvalue weighted by atomic mass is 10.1. The third-order valence-electron chi connectivity index (χ3n) is 4.26. The number of thioether (sulfide) groups is 1. The van der Waals surface area contributed by atoms with Crippen LogP contribution in [-0.4, -0.2) is 32.3 Å². The van der Waals surface area contributed by atoms with Gasteiger partial charge in [0.15, 0.2) is 16.7 Å². The van der Waals surface area contributed by atoms with E-state index in [1.807, 2.05) is 29.7 Å². The van der Waals surface area contributed by atoms with Gasteiger partial charge in [-0.3, -0.25) is 4.57 Å². The van der Waals surface area contributed by atoms with Crippen LogP contribution in [0.3, 0.4) is 0 Å². The molecule has 0 amide bonds. The van der Waals surface area contributed by atoms with Crippen LogP contribution in [0.1, 0.15) is 19.3 Å². The number of hydrogen-bond donors (Lipinski definition) is 0. The van der Waals surface area contributed by atoms with Gasteiger partial charge in [-0.2, -0.15) is 8.78 Å². The first kappa shape index (κ1) is 17.8. The predicted molar refractivity (Wildman–Crippen MR) is 97.4 cm³/mol. The van der Waals surface area contributed by atoms with Gasteiger partial charge >= 0.3 is 6.55 Å². The Morgan fingerprint density at radius 3 is 2.78 bits per heavy atom. The Kier molecular flexibility index (Phi) is 5.02. The summed E-state index contributed by atoms with van der Waals surface area (Å²) < 4.78 is 40.1. The maximum Gasteiger partial charge on any atom is 0.319 e. The van der Waals surface area contributed by atoms with E-state index in [1.165, 1.54) is 24.2 Å². The zero-order valence-electron chi connectivity index (χ0n) is 14.6. The van der Waals surface area contributed by atoms with Crippen molar-refractivity contribution in [3.05, 3.63) is 42.6 Å². The van der Waals surface area contributed by atoms with Crippen molar-refractivity contribution < 1.29 is 18.3 Å². The molecule has 0 saturated heterocycles. The number of benzene rings is 1. The summed E-state index contributed by atoms with van der Waals surface area (Å²) in [5.41, 5.74) is 1.91. The zero-order valence-corrected chi connectivity index (χ0v) is 15.5. The van der Waals surface area contributed by atoms with E-state index >= 15 is 0 Å². The number of hydrogen-bond acceptors (Lipinski definition) is 5. The Bertz CT molecular complexity index is 941. The minimum Gasteiger partial charge on any atom is -0.486 e. The Morgan fingerprint density at radius 2 is 2.00 bits per heavy atom. The number of imidazole rings is 2. The predicted octanol–water partition coefficient (Wildman–Crippen LogP) is 4.23. The molecule has 0 bridgehead atoms. The van der Waals surface area contributed by atoms with Crippen molar-refractivity contribution in [2.45, 2.75) is 30.9 Å². The summed E-state index contributed by atoms with van der Waals surface area (Å²) >= 11 is 1.38. The molecule has 2 aromatic heterocycles. The van der Waals surface area contributed by atoms with E-state index in [1.54, 1.807) is 6.20 Å². The number of ether oxygens (including phenoxy) is 2. The van der Waals surface area contributed by atoms with Gasteiger partial charge in [-0.1, -0.05) is 11.8 Å². The first-order valence-corrected chi connectivity index (χ1v) is 9.54. The van der Waals surface area contributed by atoms with Crippen LogP contribution in [0.5, 0.6) is 11.5 Å². The molecule has 0 unspecified atom stereocenters. The molecular weight excluding hydrogens is 374 g/mol. The topological polar surface area (TPSA) is 54.1 Å². The van der Waals surface area contributed by atoms with E-state index < -0.39 is 6.55 Å². The van der Waals surface area contributed by atoms with Gasteiger partial charge in [0.2, 0.25) is 0 Å². The fourth-order valence-electron chi connectivity index (χ4n) is 2.98. The van der Waals surface area contributed by atoms with Gasteiger partial charge in [0, 0.05) is 24.5 Å². The van der Waals surface area contributed by atoms with Crippen molar-refractivity contribution in [3.63, 3.8) is 0 Å². The lowest BCUT2D eigenvalue weighted by molar-refractivity contribution is 0.0678. The third-order valence-corrected chi connectivity index (χ3v) is 5.25. The molecular formula is C18H18F2N4O2S. The van der Waals surface area contributed by atoms with Crippen LogP contribution in [0, 0.1) is 0 Å². The van der Waals surface area contributed by atoms with Crippen molar-refractivity contribution in [2.75, 3.05) is 13.2 Å². The summed E-state index contributed by atoms with van der Waals surface area (Å²) in [6, 6.07) is 5.80. The minimum absolute atomic E-state index is 0.314. The molecule has 0 saturated carbocycles. The molecule has 1 aliphatic rings. The molecule has 0 fully saturated rings. The highest BCUT2D eigenvalue weighted by Crippen LogP contribution is 2.36.